The second-order valence-electron chi connectivity index (χ2n) is 5.43. The molecule has 1 unspecified atom stereocenters. The normalized spacial score (nSPS) is 15.2. The monoisotopic (exact) mass is 217 g/mol. The molecule has 86 valence electrons. The van der Waals surface area contributed by atoms with Crippen molar-refractivity contribution in [3.63, 3.8) is 0 Å². The van der Waals surface area contributed by atoms with Crippen molar-refractivity contribution in [1.82, 2.24) is 4.90 Å². The summed E-state index contributed by atoms with van der Waals surface area (Å²) in [5, 5.41) is 0. The summed E-state index contributed by atoms with van der Waals surface area (Å²) in [5.74, 6) is 1.65. The molecule has 0 aliphatic carbocycles. The molecule has 0 saturated carbocycles. The summed E-state index contributed by atoms with van der Waals surface area (Å²) in [6.45, 7) is 16.0. The first-order valence-electron chi connectivity index (χ1n) is 5.67. The SMILES string of the molecule is CCN(CC(CS)C(C)(C)C)C(C)C. The number of thiol groups is 1. The molecule has 0 aromatic rings. The molecule has 0 fully saturated rings. The van der Waals surface area contributed by atoms with Gasteiger partial charge in [-0.3, -0.25) is 0 Å². The smallest absolute Gasteiger partial charge is 0.00385 e. The third-order valence-electron chi connectivity index (χ3n) is 3.04. The molecule has 0 aliphatic heterocycles. The van der Waals surface area contributed by atoms with Crippen molar-refractivity contribution in [2.24, 2.45) is 11.3 Å². The van der Waals surface area contributed by atoms with Gasteiger partial charge >= 0.3 is 0 Å². The molecule has 1 atom stereocenters. The van der Waals surface area contributed by atoms with E-state index in [2.05, 4.69) is 59.1 Å². The van der Waals surface area contributed by atoms with Gasteiger partial charge in [0.15, 0.2) is 0 Å². The Bertz CT molecular complexity index is 149. The van der Waals surface area contributed by atoms with Crippen molar-refractivity contribution in [3.8, 4) is 0 Å². The fourth-order valence-corrected chi connectivity index (χ4v) is 2.26. The minimum atomic E-state index is 0.365. The predicted molar refractivity (Wildman–Crippen MR) is 69.2 cm³/mol. The largest absolute Gasteiger partial charge is 0.301 e. The van der Waals surface area contributed by atoms with Gasteiger partial charge in [0.2, 0.25) is 0 Å². The Morgan fingerprint density at radius 3 is 1.93 bits per heavy atom. The van der Waals surface area contributed by atoms with E-state index in [1.54, 1.807) is 0 Å². The molecule has 14 heavy (non-hydrogen) atoms. The molecule has 0 aromatic heterocycles. The summed E-state index contributed by atoms with van der Waals surface area (Å²) in [5.41, 5.74) is 0.365. The van der Waals surface area contributed by atoms with Gasteiger partial charge in [-0.05, 0) is 37.5 Å². The lowest BCUT2D eigenvalue weighted by Crippen LogP contribution is -2.40. The molecule has 0 saturated heterocycles. The van der Waals surface area contributed by atoms with Crippen LogP contribution < -0.4 is 0 Å². The summed E-state index contributed by atoms with van der Waals surface area (Å²) < 4.78 is 0. The Kier molecular flexibility index (Phi) is 6.15. The van der Waals surface area contributed by atoms with Crippen LogP contribution >= 0.6 is 12.6 Å². The van der Waals surface area contributed by atoms with Crippen molar-refractivity contribution >= 4 is 12.6 Å². The molecule has 2 heteroatoms. The molecule has 0 rings (SSSR count). The van der Waals surface area contributed by atoms with Crippen molar-refractivity contribution in [3.05, 3.63) is 0 Å². The molecule has 0 bridgehead atoms. The lowest BCUT2D eigenvalue weighted by atomic mass is 9.81. The Labute approximate surface area is 95.7 Å². The fourth-order valence-electron chi connectivity index (χ4n) is 1.59. The van der Waals surface area contributed by atoms with Crippen LogP contribution in [0, 0.1) is 11.3 Å². The zero-order chi connectivity index (χ0) is 11.4. The molecule has 0 amide bonds. The molecule has 0 aliphatic rings. The van der Waals surface area contributed by atoms with Crippen LogP contribution in [0.3, 0.4) is 0 Å². The summed E-state index contributed by atoms with van der Waals surface area (Å²) >= 11 is 4.46. The maximum atomic E-state index is 4.46. The van der Waals surface area contributed by atoms with Crippen LogP contribution in [0.2, 0.25) is 0 Å². The average molecular weight is 217 g/mol. The van der Waals surface area contributed by atoms with Crippen LogP contribution in [-0.4, -0.2) is 29.8 Å². The molecular formula is C12H27NS. The third-order valence-corrected chi connectivity index (χ3v) is 3.48. The van der Waals surface area contributed by atoms with E-state index in [4.69, 9.17) is 0 Å². The molecule has 0 heterocycles. The van der Waals surface area contributed by atoms with E-state index in [1.807, 2.05) is 0 Å². The quantitative estimate of drug-likeness (QED) is 0.692. The first kappa shape index (κ1) is 14.3. The molecule has 0 spiro atoms. The number of nitrogens with zero attached hydrogens (tertiary/aromatic N) is 1. The van der Waals surface area contributed by atoms with Crippen LogP contribution in [0.5, 0.6) is 0 Å². The van der Waals surface area contributed by atoms with E-state index < -0.39 is 0 Å². The van der Waals surface area contributed by atoms with E-state index in [0.29, 0.717) is 17.4 Å². The average Bonchev–Trinajstić information content (AvgIpc) is 2.03. The van der Waals surface area contributed by atoms with Crippen LogP contribution in [0.25, 0.3) is 0 Å². The first-order valence-corrected chi connectivity index (χ1v) is 6.31. The summed E-state index contributed by atoms with van der Waals surface area (Å²) in [6.07, 6.45) is 0. The van der Waals surface area contributed by atoms with Gasteiger partial charge in [0.05, 0.1) is 0 Å². The van der Waals surface area contributed by atoms with Gasteiger partial charge in [-0.2, -0.15) is 12.6 Å². The number of hydrogen-bond acceptors (Lipinski definition) is 2. The van der Waals surface area contributed by atoms with Gasteiger partial charge in [0.1, 0.15) is 0 Å². The summed E-state index contributed by atoms with van der Waals surface area (Å²) in [4.78, 5) is 2.52. The van der Waals surface area contributed by atoms with E-state index in [0.717, 1.165) is 12.3 Å². The van der Waals surface area contributed by atoms with Gasteiger partial charge in [-0.1, -0.05) is 27.7 Å². The van der Waals surface area contributed by atoms with Crippen molar-refractivity contribution in [2.75, 3.05) is 18.8 Å². The van der Waals surface area contributed by atoms with Crippen molar-refractivity contribution < 1.29 is 0 Å². The fraction of sp³-hybridized carbons (Fsp3) is 1.00. The zero-order valence-electron chi connectivity index (χ0n) is 10.7. The van der Waals surface area contributed by atoms with Crippen molar-refractivity contribution in [1.29, 1.82) is 0 Å². The molecule has 0 radical (unpaired) electrons. The molecule has 0 N–H and O–H groups in total. The Balaban J connectivity index is 4.29. The van der Waals surface area contributed by atoms with E-state index in [1.165, 1.54) is 6.54 Å². The Hall–Kier alpha value is 0.310. The van der Waals surface area contributed by atoms with E-state index in [9.17, 15) is 0 Å². The second kappa shape index (κ2) is 6.02. The minimum Gasteiger partial charge on any atom is -0.301 e. The number of rotatable bonds is 5. The maximum Gasteiger partial charge on any atom is 0.00385 e. The van der Waals surface area contributed by atoms with Gasteiger partial charge in [0.25, 0.3) is 0 Å². The van der Waals surface area contributed by atoms with Gasteiger partial charge < -0.3 is 4.90 Å². The van der Waals surface area contributed by atoms with Crippen molar-refractivity contribution in [2.45, 2.75) is 47.6 Å². The van der Waals surface area contributed by atoms with E-state index in [-0.39, 0.29) is 0 Å². The van der Waals surface area contributed by atoms with Gasteiger partial charge in [-0.15, -0.1) is 0 Å². The van der Waals surface area contributed by atoms with Crippen LogP contribution in [-0.2, 0) is 0 Å². The lowest BCUT2D eigenvalue weighted by Gasteiger charge is -2.36. The first-order chi connectivity index (χ1) is 6.32. The van der Waals surface area contributed by atoms with Gasteiger partial charge in [0, 0.05) is 12.6 Å². The Morgan fingerprint density at radius 2 is 1.71 bits per heavy atom. The van der Waals surface area contributed by atoms with Gasteiger partial charge in [-0.25, -0.2) is 0 Å². The predicted octanol–water partition coefficient (Wildman–Crippen LogP) is 3.31. The lowest BCUT2D eigenvalue weighted by molar-refractivity contribution is 0.144. The topological polar surface area (TPSA) is 3.24 Å². The third kappa shape index (κ3) is 4.70. The highest BCUT2D eigenvalue weighted by molar-refractivity contribution is 7.80. The highest BCUT2D eigenvalue weighted by atomic mass is 32.1. The van der Waals surface area contributed by atoms with Crippen LogP contribution in [0.4, 0.5) is 0 Å². The van der Waals surface area contributed by atoms with E-state index >= 15 is 0 Å². The minimum absolute atomic E-state index is 0.365. The Morgan fingerprint density at radius 1 is 1.21 bits per heavy atom. The highest BCUT2D eigenvalue weighted by Gasteiger charge is 2.25. The zero-order valence-corrected chi connectivity index (χ0v) is 11.6. The standard InChI is InChI=1S/C12H27NS/c1-7-13(10(2)3)8-11(9-14)12(4,5)6/h10-11,14H,7-9H2,1-6H3. The maximum absolute atomic E-state index is 4.46. The molecule has 1 nitrogen and oxygen atoms in total. The molecule has 0 aromatic carbocycles. The van der Waals surface area contributed by atoms with Crippen LogP contribution in [0.15, 0.2) is 0 Å². The van der Waals surface area contributed by atoms with Crippen LogP contribution in [0.1, 0.15) is 41.5 Å². The highest BCUT2D eigenvalue weighted by Crippen LogP contribution is 2.28. The summed E-state index contributed by atoms with van der Waals surface area (Å²) in [7, 11) is 0. The summed E-state index contributed by atoms with van der Waals surface area (Å²) in [6, 6.07) is 0.643. The number of hydrogen-bond donors (Lipinski definition) is 1. The molecular weight excluding hydrogens is 190 g/mol. The second-order valence-corrected chi connectivity index (χ2v) is 5.79.